The molecular formula is C46H68N6O4. The molecule has 0 fully saturated rings. The SMILES string of the molecule is CC(C)C(OC1=Cc2nc1cc1nc(nc3[nH]c(cc3OC(C(C)C)C(C)C)cc3cc(OC(C(C)C)C(C)C)c(n2)[nH]3)C(OC(C(C)C)C(C)C)=C1)C(C)C. The van der Waals surface area contributed by atoms with Gasteiger partial charge in [0.25, 0.3) is 0 Å². The number of ether oxygens (including phenoxy) is 4. The maximum absolute atomic E-state index is 6.78. The van der Waals surface area contributed by atoms with Crippen molar-refractivity contribution in [1.82, 2.24) is 29.9 Å². The van der Waals surface area contributed by atoms with Crippen molar-refractivity contribution >= 4 is 46.0 Å². The van der Waals surface area contributed by atoms with Gasteiger partial charge in [0.05, 0.1) is 5.69 Å². The molecule has 2 N–H and O–H groups in total. The molecule has 5 heterocycles. The molecule has 0 saturated heterocycles. The van der Waals surface area contributed by atoms with Crippen molar-refractivity contribution in [3.05, 3.63) is 47.3 Å². The molecule has 3 aromatic rings. The van der Waals surface area contributed by atoms with Crippen molar-refractivity contribution in [3.8, 4) is 11.5 Å². The predicted octanol–water partition coefficient (Wildman–Crippen LogP) is 11.6. The minimum atomic E-state index is -0.0481. The molecular weight excluding hydrogens is 701 g/mol. The molecule has 0 atom stereocenters. The zero-order chi connectivity index (χ0) is 41.2. The van der Waals surface area contributed by atoms with E-state index in [2.05, 4.69) is 121 Å². The van der Waals surface area contributed by atoms with Crippen molar-refractivity contribution in [2.24, 2.45) is 47.3 Å². The van der Waals surface area contributed by atoms with Crippen LogP contribution in [0.25, 0.3) is 46.0 Å². The van der Waals surface area contributed by atoms with Gasteiger partial charge >= 0.3 is 0 Å². The molecule has 2 aliphatic heterocycles. The fourth-order valence-electron chi connectivity index (χ4n) is 7.98. The molecule has 306 valence electrons. The van der Waals surface area contributed by atoms with E-state index in [9.17, 15) is 0 Å². The molecule has 2 aliphatic rings. The van der Waals surface area contributed by atoms with Gasteiger partial charge in [-0.05, 0) is 59.5 Å². The van der Waals surface area contributed by atoms with Crippen molar-refractivity contribution in [2.75, 3.05) is 0 Å². The van der Waals surface area contributed by atoms with E-state index in [0.717, 1.165) is 11.0 Å². The summed E-state index contributed by atoms with van der Waals surface area (Å²) in [6, 6.07) is 7.98. The summed E-state index contributed by atoms with van der Waals surface area (Å²) < 4.78 is 27.1. The van der Waals surface area contributed by atoms with Gasteiger partial charge in [0.2, 0.25) is 0 Å². The molecule has 5 rings (SSSR count). The topological polar surface area (TPSA) is 120 Å². The Balaban J connectivity index is 1.84. The molecule has 0 aliphatic carbocycles. The second-order valence-electron chi connectivity index (χ2n) is 18.4. The Morgan fingerprint density at radius 2 is 0.821 bits per heavy atom. The summed E-state index contributed by atoms with van der Waals surface area (Å²) in [6.07, 6.45) is 3.73. The lowest BCUT2D eigenvalue weighted by Crippen LogP contribution is -2.28. The number of H-pyrrole nitrogens is 2. The van der Waals surface area contributed by atoms with Crippen molar-refractivity contribution in [1.29, 1.82) is 0 Å². The van der Waals surface area contributed by atoms with Crippen LogP contribution in [0.2, 0.25) is 0 Å². The number of nitrogens with one attached hydrogen (secondary N) is 2. The van der Waals surface area contributed by atoms with E-state index in [1.165, 1.54) is 0 Å². The first-order chi connectivity index (χ1) is 26.3. The molecule has 0 spiro atoms. The smallest absolute Gasteiger partial charge is 0.197 e. The standard InChI is InChI=1S/C46H68N6O4/c1-23(2)40(24(3)4)53-35-22-39-50-34(35)18-33-21-38(56-43(29(13)14)30(15)16)46(49-33)52-45-37(55-42(27(9)10)28(11)12)20-32(48-45)17-31-19-36(44(47-31)51-39)54-41(25(5)6)26(7)8/h17-30,40-43H,1-16H3,(H,47,50,51)(H,48,49,52). The van der Waals surface area contributed by atoms with Gasteiger partial charge in [0.15, 0.2) is 40.2 Å². The van der Waals surface area contributed by atoms with E-state index in [1.807, 2.05) is 36.4 Å². The fourth-order valence-corrected chi connectivity index (χ4v) is 7.98. The van der Waals surface area contributed by atoms with Crippen LogP contribution in [0.3, 0.4) is 0 Å². The largest absolute Gasteiger partial charge is 0.487 e. The van der Waals surface area contributed by atoms with Gasteiger partial charge in [-0.15, -0.1) is 0 Å². The number of aromatic amines is 2. The van der Waals surface area contributed by atoms with Gasteiger partial charge in [-0.25, -0.2) is 19.9 Å². The third-order valence-corrected chi connectivity index (χ3v) is 10.4. The lowest BCUT2D eigenvalue weighted by Gasteiger charge is -2.26. The summed E-state index contributed by atoms with van der Waals surface area (Å²) in [4.78, 5) is 27.4. The average molecular weight is 769 g/mol. The minimum absolute atomic E-state index is 0.0189. The highest BCUT2D eigenvalue weighted by Gasteiger charge is 2.28. The molecule has 10 nitrogen and oxygen atoms in total. The van der Waals surface area contributed by atoms with E-state index >= 15 is 0 Å². The van der Waals surface area contributed by atoms with E-state index < -0.39 is 0 Å². The Bertz CT molecular complexity index is 2000. The summed E-state index contributed by atoms with van der Waals surface area (Å²) >= 11 is 0. The van der Waals surface area contributed by atoms with Gasteiger partial charge in [-0.3, -0.25) is 0 Å². The second kappa shape index (κ2) is 17.9. The maximum atomic E-state index is 6.78. The predicted molar refractivity (Wildman–Crippen MR) is 230 cm³/mol. The molecule has 0 amide bonds. The maximum Gasteiger partial charge on any atom is 0.197 e. The zero-order valence-electron chi connectivity index (χ0n) is 36.8. The van der Waals surface area contributed by atoms with Gasteiger partial charge in [0.1, 0.15) is 35.9 Å². The van der Waals surface area contributed by atoms with Crippen molar-refractivity contribution in [3.63, 3.8) is 0 Å². The van der Waals surface area contributed by atoms with Crippen LogP contribution in [0, 0.1) is 47.3 Å². The van der Waals surface area contributed by atoms with E-state index in [0.29, 0.717) is 69.2 Å². The highest BCUT2D eigenvalue weighted by Crippen LogP contribution is 2.34. The van der Waals surface area contributed by atoms with Gasteiger partial charge < -0.3 is 28.9 Å². The van der Waals surface area contributed by atoms with Crippen molar-refractivity contribution in [2.45, 2.75) is 135 Å². The first kappa shape index (κ1) is 42.8. The number of aromatic nitrogens is 6. The normalized spacial score (nSPS) is 13.7. The third kappa shape index (κ3) is 10.1. The van der Waals surface area contributed by atoms with Gasteiger partial charge in [-0.1, -0.05) is 111 Å². The third-order valence-electron chi connectivity index (χ3n) is 10.4. The number of hydrogen-bond donors (Lipinski definition) is 2. The molecule has 3 aromatic heterocycles. The molecule has 8 bridgehead atoms. The Hall–Kier alpha value is -4.34. The first-order valence-electron chi connectivity index (χ1n) is 20.9. The van der Waals surface area contributed by atoms with Crippen LogP contribution in [-0.2, 0) is 9.47 Å². The summed E-state index contributed by atoms with van der Waals surface area (Å²) in [5.74, 6) is 5.80. The number of rotatable bonds is 16. The van der Waals surface area contributed by atoms with Crippen LogP contribution in [0.5, 0.6) is 11.5 Å². The quantitative estimate of drug-likeness (QED) is 0.148. The Morgan fingerprint density at radius 1 is 0.411 bits per heavy atom. The highest BCUT2D eigenvalue weighted by molar-refractivity contribution is 5.82. The average Bonchev–Trinajstić information content (AvgIpc) is 3.85. The van der Waals surface area contributed by atoms with E-state index in [-0.39, 0.29) is 59.9 Å². The van der Waals surface area contributed by atoms with Gasteiger partial charge in [0, 0.05) is 35.3 Å². The molecule has 0 radical (unpaired) electrons. The molecule has 0 aromatic carbocycles. The lowest BCUT2D eigenvalue weighted by atomic mass is 9.96. The fraction of sp³-hybridized carbons (Fsp3) is 0.609. The molecule has 0 unspecified atom stereocenters. The monoisotopic (exact) mass is 769 g/mol. The zero-order valence-corrected chi connectivity index (χ0v) is 36.8. The second-order valence-corrected chi connectivity index (χ2v) is 18.4. The van der Waals surface area contributed by atoms with Crippen molar-refractivity contribution < 1.29 is 18.9 Å². The summed E-state index contributed by atoms with van der Waals surface area (Å²) in [6.45, 7) is 34.9. The number of hydrogen-bond acceptors (Lipinski definition) is 8. The Morgan fingerprint density at radius 3 is 1.27 bits per heavy atom. The van der Waals surface area contributed by atoms with E-state index in [1.54, 1.807) is 0 Å². The van der Waals surface area contributed by atoms with Crippen LogP contribution >= 0.6 is 0 Å². The lowest BCUT2D eigenvalue weighted by molar-refractivity contribution is 0.0777. The first-order valence-corrected chi connectivity index (χ1v) is 20.9. The van der Waals surface area contributed by atoms with Crippen LogP contribution in [0.15, 0.2) is 24.3 Å². The highest BCUT2D eigenvalue weighted by atomic mass is 16.5. The van der Waals surface area contributed by atoms with Crippen LogP contribution in [0.1, 0.15) is 134 Å². The van der Waals surface area contributed by atoms with E-state index in [4.69, 9.17) is 38.9 Å². The summed E-state index contributed by atoms with van der Waals surface area (Å²) in [7, 11) is 0. The Labute approximate surface area is 335 Å². The summed E-state index contributed by atoms with van der Waals surface area (Å²) in [5, 5.41) is 0. The molecule has 56 heavy (non-hydrogen) atoms. The number of nitrogens with zero attached hydrogens (tertiary/aromatic N) is 4. The number of fused-ring (bicyclic) bond motifs is 8. The van der Waals surface area contributed by atoms with Crippen LogP contribution < -0.4 is 9.47 Å². The minimum Gasteiger partial charge on any atom is -0.487 e. The van der Waals surface area contributed by atoms with Crippen LogP contribution in [-0.4, -0.2) is 54.3 Å². The molecule has 0 saturated carbocycles. The van der Waals surface area contributed by atoms with Crippen LogP contribution in [0.4, 0.5) is 0 Å². The molecule has 10 heteroatoms. The van der Waals surface area contributed by atoms with Gasteiger partial charge in [-0.2, -0.15) is 0 Å². The summed E-state index contributed by atoms with van der Waals surface area (Å²) in [5.41, 5.74) is 4.05. The Kier molecular flexibility index (Phi) is 13.6.